The van der Waals surface area contributed by atoms with Gasteiger partial charge in [0.2, 0.25) is 5.95 Å². The second-order valence-corrected chi connectivity index (χ2v) is 4.61. The molecule has 0 atom stereocenters. The summed E-state index contributed by atoms with van der Waals surface area (Å²) in [6.45, 7) is 0.601. The van der Waals surface area contributed by atoms with Gasteiger partial charge < -0.3 is 26.5 Å². The van der Waals surface area contributed by atoms with E-state index in [-0.39, 0.29) is 5.95 Å². The van der Waals surface area contributed by atoms with Crippen molar-refractivity contribution in [2.75, 3.05) is 23.9 Å². The maximum atomic E-state index is 5.98. The van der Waals surface area contributed by atoms with Gasteiger partial charge in [0.15, 0.2) is 0 Å². The molecule has 2 aromatic heterocycles. The molecule has 0 spiro atoms. The summed E-state index contributed by atoms with van der Waals surface area (Å²) in [6.07, 6.45) is 3.59. The van der Waals surface area contributed by atoms with Gasteiger partial charge >= 0.3 is 0 Å². The number of hydrogen-bond donors (Lipinski definition) is 4. The average Bonchev–Trinajstić information content (AvgIpc) is 2.88. The van der Waals surface area contributed by atoms with Crippen molar-refractivity contribution in [3.05, 3.63) is 36.2 Å². The van der Waals surface area contributed by atoms with Gasteiger partial charge in [-0.15, -0.1) is 0 Å². The predicted octanol–water partition coefficient (Wildman–Crippen LogP) is 1.74. The van der Waals surface area contributed by atoms with Crippen molar-refractivity contribution in [2.24, 2.45) is 0 Å². The van der Waals surface area contributed by atoms with Crippen LogP contribution < -0.4 is 21.5 Å². The first-order chi connectivity index (χ1) is 10.2. The number of nitrogens with two attached hydrogens (primary N) is 2. The molecular weight excluding hydrogens is 268 g/mol. The first-order valence-electron chi connectivity index (χ1n) is 6.43. The number of anilines is 3. The Morgan fingerprint density at radius 3 is 2.95 bits per heavy atom. The Labute approximate surface area is 121 Å². The SMILES string of the molecule is COc1ccc(NCc2c[nH]c3nc(N)ncc23)c(N)c1. The van der Waals surface area contributed by atoms with E-state index in [4.69, 9.17) is 16.2 Å². The molecule has 3 rings (SSSR count). The van der Waals surface area contributed by atoms with Crippen molar-refractivity contribution < 1.29 is 4.74 Å². The zero-order valence-electron chi connectivity index (χ0n) is 11.6. The maximum Gasteiger partial charge on any atom is 0.221 e. The third kappa shape index (κ3) is 2.53. The smallest absolute Gasteiger partial charge is 0.221 e. The van der Waals surface area contributed by atoms with E-state index in [9.17, 15) is 0 Å². The molecule has 0 bridgehead atoms. The van der Waals surface area contributed by atoms with E-state index in [0.29, 0.717) is 12.2 Å². The Hall–Kier alpha value is -2.96. The molecule has 0 fully saturated rings. The molecule has 7 nitrogen and oxygen atoms in total. The normalized spacial score (nSPS) is 10.7. The fourth-order valence-corrected chi connectivity index (χ4v) is 2.14. The van der Waals surface area contributed by atoms with Crippen LogP contribution in [0.25, 0.3) is 11.0 Å². The summed E-state index contributed by atoms with van der Waals surface area (Å²) in [4.78, 5) is 11.2. The molecule has 0 unspecified atom stereocenters. The molecule has 21 heavy (non-hydrogen) atoms. The van der Waals surface area contributed by atoms with Crippen LogP contribution in [0.15, 0.2) is 30.6 Å². The third-order valence-corrected chi connectivity index (χ3v) is 3.26. The second-order valence-electron chi connectivity index (χ2n) is 4.61. The van der Waals surface area contributed by atoms with Crippen molar-refractivity contribution in [3.63, 3.8) is 0 Å². The van der Waals surface area contributed by atoms with Gasteiger partial charge in [0, 0.05) is 30.4 Å². The standard InChI is InChI=1S/C14H16N6O/c1-21-9-2-3-12(11(15)4-9)17-5-8-6-18-13-10(8)7-19-14(16)20-13/h2-4,6-7,17H,5,15H2,1H3,(H3,16,18,19,20). The topological polar surface area (TPSA) is 115 Å². The van der Waals surface area contributed by atoms with Gasteiger partial charge in [0.1, 0.15) is 11.4 Å². The predicted molar refractivity (Wildman–Crippen MR) is 83.0 cm³/mol. The minimum Gasteiger partial charge on any atom is -0.497 e. The molecule has 0 saturated heterocycles. The zero-order chi connectivity index (χ0) is 14.8. The Morgan fingerprint density at radius 2 is 2.19 bits per heavy atom. The van der Waals surface area contributed by atoms with E-state index in [0.717, 1.165) is 28.0 Å². The summed E-state index contributed by atoms with van der Waals surface area (Å²) in [6, 6.07) is 5.52. The first kappa shape index (κ1) is 13.0. The van der Waals surface area contributed by atoms with Crippen molar-refractivity contribution in [3.8, 4) is 5.75 Å². The molecule has 3 aromatic rings. The lowest BCUT2D eigenvalue weighted by molar-refractivity contribution is 0.415. The minimum atomic E-state index is 0.253. The lowest BCUT2D eigenvalue weighted by Gasteiger charge is -2.10. The first-order valence-corrected chi connectivity index (χ1v) is 6.43. The van der Waals surface area contributed by atoms with Crippen molar-refractivity contribution >= 4 is 28.4 Å². The van der Waals surface area contributed by atoms with Gasteiger partial charge in [-0.25, -0.2) is 4.98 Å². The van der Waals surface area contributed by atoms with E-state index in [1.54, 1.807) is 19.4 Å². The van der Waals surface area contributed by atoms with Gasteiger partial charge in [-0.1, -0.05) is 0 Å². The van der Waals surface area contributed by atoms with Crippen LogP contribution in [0, 0.1) is 0 Å². The highest BCUT2D eigenvalue weighted by Crippen LogP contribution is 2.25. The van der Waals surface area contributed by atoms with Crippen molar-refractivity contribution in [2.45, 2.75) is 6.54 Å². The van der Waals surface area contributed by atoms with Crippen LogP contribution in [0.1, 0.15) is 5.56 Å². The summed E-state index contributed by atoms with van der Waals surface area (Å²) in [5.41, 5.74) is 14.8. The van der Waals surface area contributed by atoms with Crippen LogP contribution in [-0.2, 0) is 6.54 Å². The number of rotatable bonds is 4. The van der Waals surface area contributed by atoms with Gasteiger partial charge in [-0.2, -0.15) is 4.98 Å². The molecule has 0 aliphatic heterocycles. The van der Waals surface area contributed by atoms with Gasteiger partial charge in [-0.05, 0) is 17.7 Å². The highest BCUT2D eigenvalue weighted by molar-refractivity contribution is 5.80. The molecule has 108 valence electrons. The number of fused-ring (bicyclic) bond motifs is 1. The van der Waals surface area contributed by atoms with Crippen molar-refractivity contribution in [1.29, 1.82) is 0 Å². The number of nitrogens with one attached hydrogen (secondary N) is 2. The summed E-state index contributed by atoms with van der Waals surface area (Å²) in [7, 11) is 1.61. The van der Waals surface area contributed by atoms with E-state index in [1.807, 2.05) is 18.3 Å². The summed E-state index contributed by atoms with van der Waals surface area (Å²) in [5.74, 6) is 0.984. The Kier molecular flexibility index (Phi) is 3.23. The van der Waals surface area contributed by atoms with Gasteiger partial charge in [0.05, 0.1) is 18.5 Å². The van der Waals surface area contributed by atoms with Crippen LogP contribution in [0.4, 0.5) is 17.3 Å². The minimum absolute atomic E-state index is 0.253. The molecule has 0 aliphatic carbocycles. The number of H-pyrrole nitrogens is 1. The molecule has 0 radical (unpaired) electrons. The number of nitrogen functional groups attached to an aromatic ring is 2. The molecule has 1 aromatic carbocycles. The third-order valence-electron chi connectivity index (χ3n) is 3.26. The molecule has 0 amide bonds. The quantitative estimate of drug-likeness (QED) is 0.542. The number of aromatic nitrogens is 3. The maximum absolute atomic E-state index is 5.98. The van der Waals surface area contributed by atoms with E-state index in [2.05, 4.69) is 20.3 Å². The Morgan fingerprint density at radius 1 is 1.33 bits per heavy atom. The number of nitrogens with zero attached hydrogens (tertiary/aromatic N) is 2. The summed E-state index contributed by atoms with van der Waals surface area (Å²) in [5, 5.41) is 4.22. The second kappa shape index (κ2) is 5.20. The summed E-state index contributed by atoms with van der Waals surface area (Å²) >= 11 is 0. The van der Waals surface area contributed by atoms with Gasteiger partial charge in [-0.3, -0.25) is 0 Å². The van der Waals surface area contributed by atoms with E-state index in [1.165, 1.54) is 0 Å². The lowest BCUT2D eigenvalue weighted by atomic mass is 10.2. The highest BCUT2D eigenvalue weighted by atomic mass is 16.5. The Balaban J connectivity index is 1.80. The molecule has 2 heterocycles. The van der Waals surface area contributed by atoms with Crippen LogP contribution in [0.2, 0.25) is 0 Å². The molecule has 6 N–H and O–H groups in total. The van der Waals surface area contributed by atoms with Crippen LogP contribution >= 0.6 is 0 Å². The number of benzene rings is 1. The molecule has 0 saturated carbocycles. The zero-order valence-corrected chi connectivity index (χ0v) is 11.6. The average molecular weight is 284 g/mol. The molecular formula is C14H16N6O. The summed E-state index contributed by atoms with van der Waals surface area (Å²) < 4.78 is 5.13. The van der Waals surface area contributed by atoms with E-state index < -0.39 is 0 Å². The fraction of sp³-hybridized carbons (Fsp3) is 0.143. The monoisotopic (exact) mass is 284 g/mol. The molecule has 0 aliphatic rings. The van der Waals surface area contributed by atoms with Crippen LogP contribution in [0.5, 0.6) is 5.75 Å². The number of methoxy groups -OCH3 is 1. The molecule has 7 heteroatoms. The Bertz CT molecular complexity index is 782. The number of aromatic amines is 1. The fourth-order valence-electron chi connectivity index (χ4n) is 2.14. The number of ether oxygens (including phenoxy) is 1. The highest BCUT2D eigenvalue weighted by Gasteiger charge is 2.07. The lowest BCUT2D eigenvalue weighted by Crippen LogP contribution is -2.02. The van der Waals surface area contributed by atoms with Crippen molar-refractivity contribution in [1.82, 2.24) is 15.0 Å². The van der Waals surface area contributed by atoms with Crippen LogP contribution in [-0.4, -0.2) is 22.1 Å². The van der Waals surface area contributed by atoms with Crippen LogP contribution in [0.3, 0.4) is 0 Å². The van der Waals surface area contributed by atoms with Gasteiger partial charge in [0.25, 0.3) is 0 Å². The number of hydrogen-bond acceptors (Lipinski definition) is 6. The largest absolute Gasteiger partial charge is 0.497 e. The van der Waals surface area contributed by atoms with E-state index >= 15 is 0 Å².